The summed E-state index contributed by atoms with van der Waals surface area (Å²) in [6.45, 7) is 20.6. The van der Waals surface area contributed by atoms with Crippen LogP contribution in [0.2, 0.25) is 35.3 Å². The number of rotatable bonds is 30. The van der Waals surface area contributed by atoms with Crippen molar-refractivity contribution in [2.24, 2.45) is 0 Å². The largest absolute Gasteiger partial charge is 0.497 e. The van der Waals surface area contributed by atoms with E-state index in [9.17, 15) is 24.0 Å². The molecule has 16 N–H and O–H groups in total. The van der Waals surface area contributed by atoms with E-state index in [1.54, 1.807) is 89.1 Å². The number of methoxy groups -OCH3 is 10. The van der Waals surface area contributed by atoms with Crippen LogP contribution >= 0.6 is 81.2 Å². The summed E-state index contributed by atoms with van der Waals surface area (Å²) in [7, 11) is 15.1. The van der Waals surface area contributed by atoms with Crippen molar-refractivity contribution in [1.82, 2.24) is 44.6 Å². The van der Waals surface area contributed by atoms with Crippen LogP contribution < -0.4 is 122 Å². The number of nitrogens with zero attached hydrogens (tertiary/aromatic N) is 9. The molecule has 8 aromatic carbocycles. The smallest absolute Gasteiger partial charge is 0.324 e. The number of anilines is 13. The van der Waals surface area contributed by atoms with E-state index in [2.05, 4.69) is 81.2 Å². The van der Waals surface area contributed by atoms with Gasteiger partial charge in [-0.25, -0.2) is 34.7 Å². The number of nitrogens with two attached hydrogens (primary N) is 5. The number of nitrogen functional groups attached to an aromatic ring is 5. The first-order valence-corrected chi connectivity index (χ1v) is 46.8. The third-order valence-corrected chi connectivity index (χ3v) is 21.8. The van der Waals surface area contributed by atoms with Gasteiger partial charge in [-0.1, -0.05) is 81.2 Å². The molecule has 3 aliphatic heterocycles. The van der Waals surface area contributed by atoms with E-state index in [1.807, 2.05) is 72.8 Å². The summed E-state index contributed by atoms with van der Waals surface area (Å²) in [5.41, 5.74) is 32.1. The Balaban J connectivity index is 0.000000264. The molecule has 146 heavy (non-hydrogen) atoms. The fraction of sp³-hybridized carbons (Fsp3) is 0.330. The summed E-state index contributed by atoms with van der Waals surface area (Å²) in [4.78, 5) is 84.6. The molecule has 0 saturated carbocycles. The van der Waals surface area contributed by atoms with Crippen LogP contribution in [0.5, 0.6) is 74.7 Å². The number of carbonyl (C=O) groups excluding carboxylic acids is 5. The van der Waals surface area contributed by atoms with Crippen molar-refractivity contribution < 1.29 is 104 Å². The number of esters is 2. The molecule has 42 nitrogen and oxygen atoms in total. The maximum Gasteiger partial charge on any atom is 0.324 e. The maximum atomic E-state index is 12.7. The molecular weight excluding hydrogens is 2050 g/mol. The maximum absolute atomic E-state index is 12.7. The van der Waals surface area contributed by atoms with Gasteiger partial charge in [-0.3, -0.25) is 39.2 Å². The molecule has 49 heteroatoms. The molecule has 4 amide bonds. The Labute approximate surface area is 881 Å². The van der Waals surface area contributed by atoms with Crippen LogP contribution in [0.15, 0.2) is 165 Å². The minimum atomic E-state index is -0.618. The van der Waals surface area contributed by atoms with Crippen molar-refractivity contribution >= 4 is 186 Å². The molecule has 6 heterocycles. The van der Waals surface area contributed by atoms with Crippen LogP contribution in [-0.4, -0.2) is 264 Å². The van der Waals surface area contributed by atoms with E-state index < -0.39 is 18.0 Å². The Kier molecular flexibility index (Phi) is 54.8. The molecule has 0 atom stereocenters. The van der Waals surface area contributed by atoms with Crippen LogP contribution in [0.25, 0.3) is 0 Å². The lowest BCUT2D eigenvalue weighted by Crippen LogP contribution is -2.38. The number of benzene rings is 8. The number of nitrogens with one attached hydrogen (secondary N) is 6. The van der Waals surface area contributed by atoms with Crippen LogP contribution in [0, 0.1) is 0 Å². The third kappa shape index (κ3) is 44.8. The second-order valence-corrected chi connectivity index (χ2v) is 32.5. The molecule has 14 rings (SSSR count). The fourth-order valence-corrected chi connectivity index (χ4v) is 14.1. The van der Waals surface area contributed by atoms with Gasteiger partial charge in [-0.05, 0) is 72.8 Å². The van der Waals surface area contributed by atoms with E-state index in [0.29, 0.717) is 127 Å². The average molecular weight is 2170 g/mol. The van der Waals surface area contributed by atoms with Crippen molar-refractivity contribution in [3.8, 4) is 74.7 Å². The van der Waals surface area contributed by atoms with Crippen molar-refractivity contribution in [3.05, 3.63) is 200 Å². The fourth-order valence-electron chi connectivity index (χ4n) is 12.2. The summed E-state index contributed by atoms with van der Waals surface area (Å²) < 4.78 is 87.7. The minimum Gasteiger partial charge on any atom is -0.497 e. The van der Waals surface area contributed by atoms with Gasteiger partial charge >= 0.3 is 18.0 Å². The standard InChI is InChI=1S/C25H28Cl2N6O5.C16H21N5O2.C12H18N2O2.C10H11Cl2NO3.C10H13NO3.C8H9Cl2NO2.C8H11NO2.C4H4ClN3.C4H6O3/c1-35-18-13-19(36-2)23(27)24(22(18)26)32-25(34)31-21-14-20(28-15-29-21)30-16-3-5-17(6-4-16)38-12-9-33-7-10-37-11-8-33;17-15-11-16(19-12-18-15)20-13-1-3-14(4-2-13)23-10-7-21-5-8-22-9-6-21;13-11-1-3-12(4-2-11)16-10-7-14-5-8-15-9-6-14;1-5(14)13-10-8(11)6(15-2)4-7(16-3)9(10)12;1-7(12)11-8-4-9(13-2)6-10(5-8)14-3;1-12-4-3-5(13-2)7(10)8(11)6(4)9;1-10-7-3-6(9)4-8(5-7)11-2;5-3-1-4(6)8-2-7-3;1-3(5)7-4(2)6/h3-6,13-15H,7-12H2,1-2H3,(H3,28,29,30,31,32,34);1-4,11-12H,5-10H2,(H3,17,18,19,20);1-4H,5-10,13H2;4H,1-3H3,(H,13,14);4-6H,1-3H3,(H,11,12);3H,11H2,1-2H3;3-5H,9H2,1-2H3;1-2H,(H2,6,7,8);1-2H3. The molecule has 3 aromatic heterocycles. The predicted octanol–water partition coefficient (Wildman–Crippen LogP) is 16.7. The predicted molar refractivity (Wildman–Crippen MR) is 569 cm³/mol. The highest BCUT2D eigenvalue weighted by Gasteiger charge is 2.23. The minimum absolute atomic E-state index is 0.125. The number of halogens is 7. The van der Waals surface area contributed by atoms with Crippen LogP contribution in [0.3, 0.4) is 0 Å². The lowest BCUT2D eigenvalue weighted by Gasteiger charge is -2.26. The zero-order chi connectivity index (χ0) is 107. The third-order valence-electron chi connectivity index (χ3n) is 19.4. The van der Waals surface area contributed by atoms with Gasteiger partial charge in [-0.2, -0.15) is 0 Å². The van der Waals surface area contributed by atoms with Crippen molar-refractivity contribution in [3.63, 3.8) is 0 Å². The zero-order valence-electron chi connectivity index (χ0n) is 82.9. The Hall–Kier alpha value is -13.9. The van der Waals surface area contributed by atoms with Gasteiger partial charge in [0.2, 0.25) is 11.8 Å². The molecular formula is C97H121Cl7N20O22. The molecule has 0 radical (unpaired) electrons. The quantitative estimate of drug-likeness (QED) is 0.00862. The average Bonchev–Trinajstić information content (AvgIpc) is 0.808. The van der Waals surface area contributed by atoms with Crippen molar-refractivity contribution in [2.45, 2.75) is 27.7 Å². The molecule has 0 spiro atoms. The topological polar surface area (TPSA) is 532 Å². The number of hydrogen-bond donors (Lipinski definition) is 11. The van der Waals surface area contributed by atoms with Crippen molar-refractivity contribution in [2.75, 3.05) is 250 Å². The van der Waals surface area contributed by atoms with E-state index >= 15 is 0 Å². The first kappa shape index (κ1) is 121. The van der Waals surface area contributed by atoms with Crippen LogP contribution in [0.1, 0.15) is 27.7 Å². The van der Waals surface area contributed by atoms with Crippen molar-refractivity contribution in [1.29, 1.82) is 0 Å². The highest BCUT2D eigenvalue weighted by Crippen LogP contribution is 2.47. The summed E-state index contributed by atoms with van der Waals surface area (Å²) in [5.74, 6) is 8.17. The van der Waals surface area contributed by atoms with Gasteiger partial charge < -0.3 is 136 Å². The summed E-state index contributed by atoms with van der Waals surface area (Å²) in [6.07, 6.45) is 4.08. The number of aromatic nitrogens is 6. The van der Waals surface area contributed by atoms with Gasteiger partial charge in [0.15, 0.2) is 0 Å². The molecule has 790 valence electrons. The number of hydrogen-bond acceptors (Lipinski definition) is 38. The summed E-state index contributed by atoms with van der Waals surface area (Å²) >= 11 is 41.7. The Morgan fingerprint density at radius 3 is 0.966 bits per heavy atom. The first-order chi connectivity index (χ1) is 70.0. The van der Waals surface area contributed by atoms with E-state index in [4.69, 9.17) is 186 Å². The lowest BCUT2D eigenvalue weighted by molar-refractivity contribution is -0.156. The summed E-state index contributed by atoms with van der Waals surface area (Å²) in [5, 5.41) is 18.5. The molecule has 0 aliphatic carbocycles. The summed E-state index contributed by atoms with van der Waals surface area (Å²) in [6, 6.07) is 42.0. The number of urea groups is 1. The molecule has 3 saturated heterocycles. The molecule has 3 aliphatic rings. The van der Waals surface area contributed by atoms with E-state index in [0.717, 1.165) is 133 Å². The lowest BCUT2D eigenvalue weighted by atomic mass is 10.2. The van der Waals surface area contributed by atoms with Gasteiger partial charge in [0.05, 0.1) is 128 Å². The number of ether oxygens (including phenoxy) is 17. The monoisotopic (exact) mass is 2160 g/mol. The Morgan fingerprint density at radius 1 is 0.322 bits per heavy atom. The molecule has 0 bridgehead atoms. The normalized spacial score (nSPS) is 12.2. The second-order valence-electron chi connectivity index (χ2n) is 29.8. The number of morpholine rings is 3. The molecule has 11 aromatic rings. The zero-order valence-corrected chi connectivity index (χ0v) is 88.1. The van der Waals surface area contributed by atoms with Gasteiger partial charge in [-0.15, -0.1) is 0 Å². The second kappa shape index (κ2) is 66.2. The van der Waals surface area contributed by atoms with E-state index in [1.165, 1.54) is 101 Å². The van der Waals surface area contributed by atoms with Crippen LogP contribution in [-0.2, 0) is 38.1 Å². The van der Waals surface area contributed by atoms with Gasteiger partial charge in [0.25, 0.3) is 0 Å². The highest BCUT2D eigenvalue weighted by atomic mass is 35.5. The highest BCUT2D eigenvalue weighted by molar-refractivity contribution is 6.43. The SMILES string of the molecule is CC(=O)OC(C)=O.COc1cc(N)cc(OC)c1.COc1cc(NC(C)=O)cc(OC)c1.COc1cc(OC)c(Cl)c(N)c1Cl.COc1cc(OC)c(Cl)c(NC(=O)Nc2cc(Nc3ccc(OCCN4CCOCC4)cc3)ncn2)c1Cl.COc1cc(OC)c(Cl)c(NC(C)=O)c1Cl.Nc1cc(Cl)ncn1.Nc1cc(Nc2ccc(OCCN3CCOCC3)cc2)ncn1.Nc1ccc(OCCN2CCOCC2)cc1. The van der Waals surface area contributed by atoms with Gasteiger partial charge in [0.1, 0.15) is 178 Å². The Bertz CT molecular complexity index is 5720. The Morgan fingerprint density at radius 2 is 0.644 bits per heavy atom. The number of amides is 4. The van der Waals surface area contributed by atoms with E-state index in [-0.39, 0.29) is 54.8 Å². The van der Waals surface area contributed by atoms with Crippen LogP contribution in [0.4, 0.5) is 79.4 Å². The molecule has 3 fully saturated rings. The first-order valence-electron chi connectivity index (χ1n) is 44.2. The molecule has 0 unspecified atom stereocenters. The van der Waals surface area contributed by atoms with Gasteiger partial charge in [0, 0.05) is 188 Å². The number of carbonyl (C=O) groups is 5.